The molecule has 0 radical (unpaired) electrons. The second-order valence-electron chi connectivity index (χ2n) is 4.84. The minimum Gasteiger partial charge on any atom is -0.508 e. The lowest BCUT2D eigenvalue weighted by atomic mass is 10.0. The van der Waals surface area contributed by atoms with Gasteiger partial charge in [-0.2, -0.15) is 13.2 Å². The first-order valence-corrected chi connectivity index (χ1v) is 6.43. The van der Waals surface area contributed by atoms with Crippen LogP contribution in [0.4, 0.5) is 22.0 Å². The van der Waals surface area contributed by atoms with Crippen LogP contribution >= 0.6 is 24.8 Å². The van der Waals surface area contributed by atoms with E-state index in [1.54, 1.807) is 0 Å². The van der Waals surface area contributed by atoms with Crippen molar-refractivity contribution < 1.29 is 27.1 Å². The van der Waals surface area contributed by atoms with Gasteiger partial charge in [0.05, 0.1) is 5.56 Å². The highest BCUT2D eigenvalue weighted by atomic mass is 35.5. The Labute approximate surface area is 142 Å². The quantitative estimate of drug-likeness (QED) is 0.785. The van der Waals surface area contributed by atoms with E-state index in [0.717, 1.165) is 6.07 Å². The number of alkyl halides is 5. The van der Waals surface area contributed by atoms with Gasteiger partial charge in [-0.15, -0.1) is 24.8 Å². The molecule has 1 aliphatic rings. The fourth-order valence-electron chi connectivity index (χ4n) is 2.42. The van der Waals surface area contributed by atoms with Gasteiger partial charge >= 0.3 is 6.18 Å². The molecule has 10 heteroatoms. The van der Waals surface area contributed by atoms with Crippen molar-refractivity contribution in [3.63, 3.8) is 0 Å². The first-order valence-electron chi connectivity index (χ1n) is 6.43. The predicted molar refractivity (Wildman–Crippen MR) is 80.8 cm³/mol. The SMILES string of the molecule is Cl.Cl.Oc1ccc(C(F)(F)F)cc1[C@@H](C(F)F)N1CCNCC1. The van der Waals surface area contributed by atoms with Gasteiger partial charge in [0.2, 0.25) is 0 Å². The summed E-state index contributed by atoms with van der Waals surface area (Å²) in [5, 5.41) is 12.7. The molecule has 0 spiro atoms. The normalized spacial score (nSPS) is 17.3. The average Bonchev–Trinajstić information content (AvgIpc) is 2.40. The molecule has 1 aliphatic heterocycles. The van der Waals surface area contributed by atoms with Crippen LogP contribution in [-0.2, 0) is 6.18 Å². The van der Waals surface area contributed by atoms with Crippen molar-refractivity contribution in [3.8, 4) is 5.75 Å². The van der Waals surface area contributed by atoms with Crippen LogP contribution in [-0.4, -0.2) is 42.6 Å². The third kappa shape index (κ3) is 5.34. The van der Waals surface area contributed by atoms with Gasteiger partial charge in [0.25, 0.3) is 6.43 Å². The molecule has 1 fully saturated rings. The number of phenolic OH excluding ortho intramolecular Hbond substituents is 1. The van der Waals surface area contributed by atoms with Crippen molar-refractivity contribution >= 4 is 24.8 Å². The number of hydrogen-bond acceptors (Lipinski definition) is 3. The van der Waals surface area contributed by atoms with Crippen LogP contribution < -0.4 is 5.32 Å². The summed E-state index contributed by atoms with van der Waals surface area (Å²) in [6.07, 6.45) is -7.53. The van der Waals surface area contributed by atoms with Crippen molar-refractivity contribution in [2.75, 3.05) is 26.2 Å². The molecule has 134 valence electrons. The van der Waals surface area contributed by atoms with Crippen LogP contribution in [0.3, 0.4) is 0 Å². The molecule has 2 rings (SSSR count). The second-order valence-corrected chi connectivity index (χ2v) is 4.84. The van der Waals surface area contributed by atoms with Crippen LogP contribution in [0.25, 0.3) is 0 Å². The molecule has 0 bridgehead atoms. The molecule has 1 atom stereocenters. The molecule has 2 N–H and O–H groups in total. The third-order valence-corrected chi connectivity index (χ3v) is 3.46. The number of phenols is 1. The Morgan fingerprint density at radius 2 is 1.65 bits per heavy atom. The Morgan fingerprint density at radius 3 is 2.13 bits per heavy atom. The Balaban J connectivity index is 0.00000242. The molecule has 0 aliphatic carbocycles. The van der Waals surface area contributed by atoms with Gasteiger partial charge in [-0.25, -0.2) is 8.78 Å². The highest BCUT2D eigenvalue weighted by molar-refractivity contribution is 5.85. The number of aromatic hydroxyl groups is 1. The minimum atomic E-state index is -4.64. The van der Waals surface area contributed by atoms with Crippen molar-refractivity contribution in [2.45, 2.75) is 18.6 Å². The van der Waals surface area contributed by atoms with Crippen LogP contribution in [0.2, 0.25) is 0 Å². The van der Waals surface area contributed by atoms with Gasteiger partial charge in [-0.1, -0.05) is 0 Å². The van der Waals surface area contributed by atoms with E-state index in [4.69, 9.17) is 0 Å². The smallest absolute Gasteiger partial charge is 0.416 e. The van der Waals surface area contributed by atoms with Gasteiger partial charge in [-0.3, -0.25) is 4.90 Å². The van der Waals surface area contributed by atoms with Gasteiger partial charge in [0.15, 0.2) is 0 Å². The van der Waals surface area contributed by atoms with Crippen molar-refractivity contribution in [1.29, 1.82) is 0 Å². The van der Waals surface area contributed by atoms with E-state index >= 15 is 0 Å². The Kier molecular flexibility index (Phi) is 8.54. The monoisotopic (exact) mass is 382 g/mol. The van der Waals surface area contributed by atoms with E-state index in [1.165, 1.54) is 4.90 Å². The van der Waals surface area contributed by atoms with E-state index in [-0.39, 0.29) is 43.5 Å². The molecule has 1 saturated heterocycles. The lowest BCUT2D eigenvalue weighted by Gasteiger charge is -2.35. The summed E-state index contributed by atoms with van der Waals surface area (Å²) in [5.74, 6) is -0.549. The average molecular weight is 383 g/mol. The molecule has 23 heavy (non-hydrogen) atoms. The Bertz CT molecular complexity index is 496. The zero-order valence-electron chi connectivity index (χ0n) is 11.8. The first kappa shape index (κ1) is 22.2. The van der Waals surface area contributed by atoms with E-state index < -0.39 is 30.0 Å². The highest BCUT2D eigenvalue weighted by Gasteiger charge is 2.36. The summed E-state index contributed by atoms with van der Waals surface area (Å²) in [7, 11) is 0. The van der Waals surface area contributed by atoms with Crippen molar-refractivity contribution in [3.05, 3.63) is 29.3 Å². The Hall–Kier alpha value is -0.830. The number of hydrogen-bond donors (Lipinski definition) is 2. The van der Waals surface area contributed by atoms with E-state index in [9.17, 15) is 27.1 Å². The topological polar surface area (TPSA) is 35.5 Å². The van der Waals surface area contributed by atoms with Crippen LogP contribution in [0.1, 0.15) is 17.2 Å². The molecular weight excluding hydrogens is 366 g/mol. The fraction of sp³-hybridized carbons (Fsp3) is 0.538. The number of piperazine rings is 1. The van der Waals surface area contributed by atoms with Crippen LogP contribution in [0, 0.1) is 0 Å². The Morgan fingerprint density at radius 1 is 1.09 bits per heavy atom. The highest BCUT2D eigenvalue weighted by Crippen LogP contribution is 2.38. The molecule has 1 aromatic carbocycles. The third-order valence-electron chi connectivity index (χ3n) is 3.46. The van der Waals surface area contributed by atoms with Gasteiger partial charge < -0.3 is 10.4 Å². The summed E-state index contributed by atoms with van der Waals surface area (Å²) < 4.78 is 64.8. The summed E-state index contributed by atoms with van der Waals surface area (Å²) in [6.45, 7) is 1.52. The van der Waals surface area contributed by atoms with Crippen LogP contribution in [0.5, 0.6) is 5.75 Å². The second kappa shape index (κ2) is 8.86. The van der Waals surface area contributed by atoms with Crippen LogP contribution in [0.15, 0.2) is 18.2 Å². The number of nitrogens with zero attached hydrogens (tertiary/aromatic N) is 1. The molecule has 0 aromatic heterocycles. The van der Waals surface area contributed by atoms with Crippen molar-refractivity contribution in [1.82, 2.24) is 10.2 Å². The molecular formula is C13H17Cl2F5N2O. The zero-order chi connectivity index (χ0) is 15.6. The molecule has 0 saturated carbocycles. The lowest BCUT2D eigenvalue weighted by Crippen LogP contribution is -2.47. The summed E-state index contributed by atoms with van der Waals surface area (Å²) in [4.78, 5) is 1.39. The standard InChI is InChI=1S/C13H15F5N2O.2ClH/c14-12(15)11(20-5-3-19-4-6-20)9-7-8(13(16,17)18)1-2-10(9)21;;/h1-2,7,11-12,19,21H,3-6H2;2*1H/t11-;;/m0../s1. The van der Waals surface area contributed by atoms with Gasteiger partial charge in [-0.05, 0) is 18.2 Å². The van der Waals surface area contributed by atoms with E-state index in [0.29, 0.717) is 25.2 Å². The molecule has 0 amide bonds. The lowest BCUT2D eigenvalue weighted by molar-refractivity contribution is -0.137. The molecule has 3 nitrogen and oxygen atoms in total. The zero-order valence-corrected chi connectivity index (χ0v) is 13.4. The number of rotatable bonds is 3. The maximum absolute atomic E-state index is 13.3. The van der Waals surface area contributed by atoms with Gasteiger partial charge in [0.1, 0.15) is 11.8 Å². The summed E-state index contributed by atoms with van der Waals surface area (Å²) >= 11 is 0. The first-order chi connectivity index (χ1) is 9.80. The molecule has 1 aromatic rings. The number of nitrogens with one attached hydrogen (secondary N) is 1. The molecule has 0 unspecified atom stereocenters. The van der Waals surface area contributed by atoms with E-state index in [2.05, 4.69) is 5.32 Å². The van der Waals surface area contributed by atoms with Gasteiger partial charge in [0, 0.05) is 31.7 Å². The number of halogens is 7. The van der Waals surface area contributed by atoms with Crippen molar-refractivity contribution in [2.24, 2.45) is 0 Å². The fourth-order valence-corrected chi connectivity index (χ4v) is 2.42. The largest absolute Gasteiger partial charge is 0.508 e. The van der Waals surface area contributed by atoms with E-state index in [1.807, 2.05) is 0 Å². The summed E-state index contributed by atoms with van der Waals surface area (Å²) in [6, 6.07) is 0.553. The number of benzene rings is 1. The predicted octanol–water partition coefficient (Wildman–Crippen LogP) is 3.47. The summed E-state index contributed by atoms with van der Waals surface area (Å²) in [5.41, 5.74) is -1.43. The maximum Gasteiger partial charge on any atom is 0.416 e. The minimum absolute atomic E-state index is 0. The molecule has 1 heterocycles. The maximum atomic E-state index is 13.3.